The van der Waals surface area contributed by atoms with Gasteiger partial charge in [-0.1, -0.05) is 35.9 Å². The van der Waals surface area contributed by atoms with Gasteiger partial charge >= 0.3 is 0 Å². The molecule has 104 valence electrons. The number of carbonyl (C=O) groups excluding carboxylic acids is 1. The summed E-state index contributed by atoms with van der Waals surface area (Å²) in [5.41, 5.74) is 1.47. The second-order valence-corrected chi connectivity index (χ2v) is 4.71. The first-order chi connectivity index (χ1) is 9.70. The maximum Gasteiger partial charge on any atom is 0.192 e. The number of Topliss-reactive ketones (excluding diaryl/α,β-unsaturated/α-hetero) is 1. The molecule has 0 fully saturated rings. The molecule has 0 aliphatic heterocycles. The number of rotatable bonds is 6. The Morgan fingerprint density at radius 3 is 2.70 bits per heavy atom. The van der Waals surface area contributed by atoms with E-state index in [2.05, 4.69) is 0 Å². The van der Waals surface area contributed by atoms with Crippen molar-refractivity contribution in [3.8, 4) is 5.75 Å². The summed E-state index contributed by atoms with van der Waals surface area (Å²) in [7, 11) is 1.49. The molecule has 4 heteroatoms. The molecule has 0 spiro atoms. The molecular weight excluding hydrogens is 276 g/mol. The summed E-state index contributed by atoms with van der Waals surface area (Å²) < 4.78 is 10.6. The maximum absolute atomic E-state index is 11.9. The number of hydrogen-bond acceptors (Lipinski definition) is 3. The second kappa shape index (κ2) is 7.08. The highest BCUT2D eigenvalue weighted by Crippen LogP contribution is 2.20. The number of benzene rings is 2. The monoisotopic (exact) mass is 290 g/mol. The topological polar surface area (TPSA) is 35.5 Å². The predicted octanol–water partition coefficient (Wildman–Crippen LogP) is 3.75. The number of ether oxygens (including phenoxy) is 2. The third-order valence-corrected chi connectivity index (χ3v) is 2.98. The van der Waals surface area contributed by atoms with Gasteiger partial charge in [0.1, 0.15) is 19.0 Å². The van der Waals surface area contributed by atoms with Crippen LogP contribution in [0.1, 0.15) is 15.9 Å². The van der Waals surface area contributed by atoms with Crippen molar-refractivity contribution in [3.05, 3.63) is 64.7 Å². The van der Waals surface area contributed by atoms with Gasteiger partial charge in [-0.2, -0.15) is 0 Å². The lowest BCUT2D eigenvalue weighted by atomic mass is 10.1. The van der Waals surface area contributed by atoms with E-state index in [0.29, 0.717) is 22.9 Å². The average Bonchev–Trinajstić information content (AvgIpc) is 2.46. The molecule has 0 aliphatic carbocycles. The van der Waals surface area contributed by atoms with Crippen LogP contribution in [0, 0.1) is 0 Å². The second-order valence-electron chi connectivity index (χ2n) is 4.27. The van der Waals surface area contributed by atoms with Crippen molar-refractivity contribution >= 4 is 17.4 Å². The predicted molar refractivity (Wildman–Crippen MR) is 78.4 cm³/mol. The molecule has 3 nitrogen and oxygen atoms in total. The molecule has 0 radical (unpaired) electrons. The highest BCUT2D eigenvalue weighted by molar-refractivity contribution is 6.30. The highest BCUT2D eigenvalue weighted by atomic mass is 35.5. The van der Waals surface area contributed by atoms with Crippen LogP contribution in [-0.2, 0) is 11.3 Å². The number of methoxy groups -OCH3 is 1. The van der Waals surface area contributed by atoms with Crippen molar-refractivity contribution < 1.29 is 14.3 Å². The summed E-state index contributed by atoms with van der Waals surface area (Å²) in [6, 6.07) is 14.6. The number of halogens is 1. The van der Waals surface area contributed by atoms with Gasteiger partial charge in [-0.05, 0) is 29.8 Å². The van der Waals surface area contributed by atoms with Crippen molar-refractivity contribution in [2.75, 3.05) is 13.7 Å². The molecule has 0 aliphatic rings. The first-order valence-electron chi connectivity index (χ1n) is 6.19. The Morgan fingerprint density at radius 2 is 1.95 bits per heavy atom. The van der Waals surface area contributed by atoms with Crippen LogP contribution in [0.25, 0.3) is 0 Å². The standard InChI is InChI=1S/C16H15ClO3/c1-19-11-15(18)14-7-2-3-8-16(14)20-10-12-5-4-6-13(17)9-12/h2-9H,10-11H2,1H3. The van der Waals surface area contributed by atoms with Gasteiger partial charge in [-0.15, -0.1) is 0 Å². The van der Waals surface area contributed by atoms with Gasteiger partial charge in [0, 0.05) is 12.1 Å². The van der Waals surface area contributed by atoms with Crippen molar-refractivity contribution in [2.24, 2.45) is 0 Å². The minimum atomic E-state index is -0.103. The van der Waals surface area contributed by atoms with Crippen LogP contribution in [0.3, 0.4) is 0 Å². The number of carbonyl (C=O) groups is 1. The fraction of sp³-hybridized carbons (Fsp3) is 0.188. The smallest absolute Gasteiger partial charge is 0.192 e. The Balaban J connectivity index is 2.11. The molecule has 2 rings (SSSR count). The quantitative estimate of drug-likeness (QED) is 0.760. The molecular formula is C16H15ClO3. The number of ketones is 1. The molecule has 0 saturated carbocycles. The summed E-state index contributed by atoms with van der Waals surface area (Å²) in [5.74, 6) is 0.448. The van der Waals surface area contributed by atoms with Gasteiger partial charge in [0.2, 0.25) is 0 Å². The van der Waals surface area contributed by atoms with E-state index in [-0.39, 0.29) is 12.4 Å². The van der Waals surface area contributed by atoms with E-state index in [1.807, 2.05) is 24.3 Å². The Labute approximate surface area is 123 Å². The molecule has 0 bridgehead atoms. The lowest BCUT2D eigenvalue weighted by molar-refractivity contribution is 0.0843. The summed E-state index contributed by atoms with van der Waals surface area (Å²) >= 11 is 5.92. The Morgan fingerprint density at radius 1 is 1.15 bits per heavy atom. The van der Waals surface area contributed by atoms with Gasteiger partial charge in [-0.25, -0.2) is 0 Å². The third kappa shape index (κ3) is 3.83. The van der Waals surface area contributed by atoms with Gasteiger partial charge in [-0.3, -0.25) is 4.79 Å². The van der Waals surface area contributed by atoms with Crippen LogP contribution >= 0.6 is 11.6 Å². The van der Waals surface area contributed by atoms with E-state index >= 15 is 0 Å². The van der Waals surface area contributed by atoms with Gasteiger partial charge in [0.15, 0.2) is 5.78 Å². The minimum Gasteiger partial charge on any atom is -0.488 e. The summed E-state index contributed by atoms with van der Waals surface area (Å²) in [6.07, 6.45) is 0. The van der Waals surface area contributed by atoms with Gasteiger partial charge in [0.05, 0.1) is 5.56 Å². The Hall–Kier alpha value is -1.84. The Kier molecular flexibility index (Phi) is 5.16. The minimum absolute atomic E-state index is 0.0392. The molecule has 0 atom stereocenters. The van der Waals surface area contributed by atoms with Crippen molar-refractivity contribution in [1.82, 2.24) is 0 Å². The van der Waals surface area contributed by atoms with Gasteiger partial charge < -0.3 is 9.47 Å². The zero-order chi connectivity index (χ0) is 14.4. The van der Waals surface area contributed by atoms with Crippen molar-refractivity contribution in [3.63, 3.8) is 0 Å². The first-order valence-corrected chi connectivity index (χ1v) is 6.57. The number of para-hydroxylation sites is 1. The summed E-state index contributed by atoms with van der Waals surface area (Å²) in [6.45, 7) is 0.398. The van der Waals surface area contributed by atoms with Crippen LogP contribution in [0.4, 0.5) is 0 Å². The molecule has 20 heavy (non-hydrogen) atoms. The van der Waals surface area contributed by atoms with Crippen molar-refractivity contribution in [1.29, 1.82) is 0 Å². The molecule has 0 saturated heterocycles. The fourth-order valence-electron chi connectivity index (χ4n) is 1.82. The van der Waals surface area contributed by atoms with Crippen LogP contribution in [-0.4, -0.2) is 19.5 Å². The fourth-order valence-corrected chi connectivity index (χ4v) is 2.03. The average molecular weight is 291 g/mol. The zero-order valence-electron chi connectivity index (χ0n) is 11.1. The van der Waals surface area contributed by atoms with Gasteiger partial charge in [0.25, 0.3) is 0 Å². The summed E-state index contributed by atoms with van der Waals surface area (Å²) in [4.78, 5) is 11.9. The largest absolute Gasteiger partial charge is 0.488 e. The van der Waals surface area contributed by atoms with E-state index in [1.54, 1.807) is 24.3 Å². The molecule has 0 N–H and O–H groups in total. The van der Waals surface area contributed by atoms with Crippen LogP contribution in [0.5, 0.6) is 5.75 Å². The SMILES string of the molecule is COCC(=O)c1ccccc1OCc1cccc(Cl)c1. The molecule has 0 amide bonds. The third-order valence-electron chi connectivity index (χ3n) is 2.75. The molecule has 2 aromatic rings. The summed E-state index contributed by atoms with van der Waals surface area (Å²) in [5, 5.41) is 0.662. The van der Waals surface area contributed by atoms with E-state index in [4.69, 9.17) is 21.1 Å². The maximum atomic E-state index is 11.9. The zero-order valence-corrected chi connectivity index (χ0v) is 11.9. The molecule has 0 unspecified atom stereocenters. The Bertz CT molecular complexity index is 596. The van der Waals surface area contributed by atoms with E-state index in [0.717, 1.165) is 5.56 Å². The van der Waals surface area contributed by atoms with Crippen molar-refractivity contribution in [2.45, 2.75) is 6.61 Å². The lowest BCUT2D eigenvalue weighted by Crippen LogP contribution is -2.09. The lowest BCUT2D eigenvalue weighted by Gasteiger charge is -2.10. The molecule has 0 aromatic heterocycles. The van der Waals surface area contributed by atoms with Crippen LogP contribution in [0.15, 0.2) is 48.5 Å². The molecule has 2 aromatic carbocycles. The highest BCUT2D eigenvalue weighted by Gasteiger charge is 2.11. The van der Waals surface area contributed by atoms with Crippen LogP contribution < -0.4 is 4.74 Å². The molecule has 0 heterocycles. The van der Waals surface area contributed by atoms with E-state index < -0.39 is 0 Å². The normalized spacial score (nSPS) is 10.3. The van der Waals surface area contributed by atoms with E-state index in [9.17, 15) is 4.79 Å². The van der Waals surface area contributed by atoms with Crippen LogP contribution in [0.2, 0.25) is 5.02 Å². The first kappa shape index (κ1) is 14.6. The van der Waals surface area contributed by atoms with E-state index in [1.165, 1.54) is 7.11 Å². The number of hydrogen-bond donors (Lipinski definition) is 0.